The molecule has 110 valence electrons. The summed E-state index contributed by atoms with van der Waals surface area (Å²) in [6.45, 7) is 14.6. The van der Waals surface area contributed by atoms with Crippen molar-refractivity contribution in [3.63, 3.8) is 0 Å². The Morgan fingerprint density at radius 1 is 1.20 bits per heavy atom. The molecular weight excluding hydrogens is 244 g/mol. The number of rotatable bonds is 3. The van der Waals surface area contributed by atoms with Crippen LogP contribution in [0.5, 0.6) is 0 Å². The summed E-state index contributed by atoms with van der Waals surface area (Å²) >= 11 is 0. The fourth-order valence-electron chi connectivity index (χ4n) is 2.51. The first-order valence-corrected chi connectivity index (χ1v) is 7.67. The number of piperazine rings is 1. The van der Waals surface area contributed by atoms with Gasteiger partial charge in [0, 0.05) is 32.7 Å². The van der Waals surface area contributed by atoms with Crippen LogP contribution in [0.15, 0.2) is 24.3 Å². The van der Waals surface area contributed by atoms with E-state index in [-0.39, 0.29) is 5.41 Å². The number of aryl methyl sites for hydroxylation is 1. The maximum absolute atomic E-state index is 3.39. The van der Waals surface area contributed by atoms with Crippen LogP contribution in [0.1, 0.15) is 37.5 Å². The monoisotopic (exact) mass is 272 g/mol. The minimum absolute atomic E-state index is 0.217. The van der Waals surface area contributed by atoms with E-state index in [4.69, 9.17) is 0 Å². The van der Waals surface area contributed by atoms with Crippen LogP contribution in [0, 0.1) is 6.92 Å². The lowest BCUT2D eigenvalue weighted by molar-refractivity contribution is 0.265. The van der Waals surface area contributed by atoms with Crippen molar-refractivity contribution in [2.75, 3.05) is 32.7 Å². The molecule has 0 atom stereocenters. The average molecular weight is 272 g/mol. The number of nitrogens with one attached hydrogen (secondary N) is 1. The summed E-state index contributed by atoms with van der Waals surface area (Å²) in [7, 11) is 0. The second-order valence-corrected chi connectivity index (χ2v) is 6.77. The van der Waals surface area contributed by atoms with E-state index in [1.54, 1.807) is 0 Å². The molecule has 0 unspecified atom stereocenters. The number of benzene rings is 1. The smallest absolute Gasteiger partial charge is 0.0167 e. The number of nitrogens with zero attached hydrogens (tertiary/aromatic N) is 1. The molecule has 0 spiro atoms. The highest BCUT2D eigenvalue weighted by Gasteiger charge is 2.14. The quantitative estimate of drug-likeness (QED) is 0.909. The average Bonchev–Trinajstić information content (AvgIpc) is 2.41. The zero-order valence-electron chi connectivity index (χ0n) is 13.4. The Morgan fingerprint density at radius 2 is 1.90 bits per heavy atom. The Bertz CT molecular complexity index is 463. The van der Waals surface area contributed by atoms with Crippen molar-refractivity contribution in [2.24, 2.45) is 0 Å². The maximum atomic E-state index is 3.39. The molecule has 1 aliphatic heterocycles. The normalized spacial score (nSPS) is 17.8. The first-order valence-electron chi connectivity index (χ1n) is 7.67. The third kappa shape index (κ3) is 4.19. The van der Waals surface area contributed by atoms with Crippen molar-refractivity contribution in [1.82, 2.24) is 10.2 Å². The van der Waals surface area contributed by atoms with Crippen LogP contribution >= 0.6 is 0 Å². The molecule has 2 heteroatoms. The van der Waals surface area contributed by atoms with E-state index in [0.717, 1.165) is 32.7 Å². The SMILES string of the molecule is Cc1ccc(C(C)(C)C)cc1/C=C/CN1CCNCC1. The van der Waals surface area contributed by atoms with Crippen LogP contribution in [0.3, 0.4) is 0 Å². The van der Waals surface area contributed by atoms with E-state index in [0.29, 0.717) is 0 Å². The van der Waals surface area contributed by atoms with Gasteiger partial charge in [-0.1, -0.05) is 51.1 Å². The molecule has 2 nitrogen and oxygen atoms in total. The predicted molar refractivity (Wildman–Crippen MR) is 88.2 cm³/mol. The fourth-order valence-corrected chi connectivity index (χ4v) is 2.51. The Kier molecular flexibility index (Phi) is 5.00. The van der Waals surface area contributed by atoms with Crippen LogP contribution in [0.2, 0.25) is 0 Å². The molecule has 2 rings (SSSR count). The standard InChI is InChI=1S/C18H28N2/c1-15-7-8-17(18(2,3)4)14-16(15)6-5-11-20-12-9-19-10-13-20/h5-8,14,19H,9-13H2,1-4H3/b6-5+. The number of hydrogen-bond acceptors (Lipinski definition) is 2. The van der Waals surface area contributed by atoms with Crippen molar-refractivity contribution in [1.29, 1.82) is 0 Å². The lowest BCUT2D eigenvalue weighted by Crippen LogP contribution is -2.43. The molecule has 1 fully saturated rings. The predicted octanol–water partition coefficient (Wildman–Crippen LogP) is 3.21. The molecule has 0 radical (unpaired) electrons. The Balaban J connectivity index is 2.04. The summed E-state index contributed by atoms with van der Waals surface area (Å²) in [4.78, 5) is 2.50. The molecule has 20 heavy (non-hydrogen) atoms. The van der Waals surface area contributed by atoms with Crippen LogP contribution in [-0.4, -0.2) is 37.6 Å². The van der Waals surface area contributed by atoms with Crippen molar-refractivity contribution in [3.05, 3.63) is 41.0 Å². The molecule has 1 aliphatic rings. The minimum Gasteiger partial charge on any atom is -0.314 e. The van der Waals surface area contributed by atoms with Gasteiger partial charge in [0.15, 0.2) is 0 Å². The molecule has 1 aromatic rings. The van der Waals surface area contributed by atoms with Gasteiger partial charge in [-0.15, -0.1) is 0 Å². The van der Waals surface area contributed by atoms with Gasteiger partial charge in [-0.3, -0.25) is 4.90 Å². The molecule has 0 aliphatic carbocycles. The van der Waals surface area contributed by atoms with E-state index in [1.165, 1.54) is 16.7 Å². The van der Waals surface area contributed by atoms with Gasteiger partial charge >= 0.3 is 0 Å². The van der Waals surface area contributed by atoms with Crippen molar-refractivity contribution in [3.8, 4) is 0 Å². The second kappa shape index (κ2) is 6.55. The third-order valence-corrected chi connectivity index (χ3v) is 4.02. The summed E-state index contributed by atoms with van der Waals surface area (Å²) in [6, 6.07) is 6.83. The Hall–Kier alpha value is -1.12. The summed E-state index contributed by atoms with van der Waals surface area (Å²) in [6.07, 6.45) is 4.59. The van der Waals surface area contributed by atoms with Crippen molar-refractivity contribution in [2.45, 2.75) is 33.1 Å². The van der Waals surface area contributed by atoms with Crippen molar-refractivity contribution < 1.29 is 0 Å². The molecule has 1 N–H and O–H groups in total. The van der Waals surface area contributed by atoms with Crippen LogP contribution in [-0.2, 0) is 5.41 Å². The van der Waals surface area contributed by atoms with E-state index in [9.17, 15) is 0 Å². The van der Waals surface area contributed by atoms with E-state index >= 15 is 0 Å². The van der Waals surface area contributed by atoms with Gasteiger partial charge in [-0.2, -0.15) is 0 Å². The lowest BCUT2D eigenvalue weighted by Gasteiger charge is -2.25. The maximum Gasteiger partial charge on any atom is 0.0167 e. The highest BCUT2D eigenvalue weighted by atomic mass is 15.2. The zero-order valence-corrected chi connectivity index (χ0v) is 13.4. The highest BCUT2D eigenvalue weighted by Crippen LogP contribution is 2.25. The van der Waals surface area contributed by atoms with Crippen LogP contribution in [0.25, 0.3) is 6.08 Å². The van der Waals surface area contributed by atoms with E-state index < -0.39 is 0 Å². The lowest BCUT2D eigenvalue weighted by atomic mass is 9.85. The van der Waals surface area contributed by atoms with Gasteiger partial charge in [0.2, 0.25) is 0 Å². The molecule has 1 aromatic carbocycles. The van der Waals surface area contributed by atoms with Gasteiger partial charge < -0.3 is 5.32 Å². The number of hydrogen-bond donors (Lipinski definition) is 1. The molecule has 1 saturated heterocycles. The van der Waals surface area contributed by atoms with Crippen LogP contribution in [0.4, 0.5) is 0 Å². The van der Waals surface area contributed by atoms with E-state index in [2.05, 4.69) is 68.3 Å². The van der Waals surface area contributed by atoms with Gasteiger partial charge in [0.05, 0.1) is 0 Å². The van der Waals surface area contributed by atoms with Gasteiger partial charge in [0.25, 0.3) is 0 Å². The van der Waals surface area contributed by atoms with Gasteiger partial charge in [0.1, 0.15) is 0 Å². The van der Waals surface area contributed by atoms with Gasteiger partial charge in [-0.25, -0.2) is 0 Å². The van der Waals surface area contributed by atoms with Crippen molar-refractivity contribution >= 4 is 6.08 Å². The molecular formula is C18H28N2. The highest BCUT2D eigenvalue weighted by molar-refractivity contribution is 5.55. The van der Waals surface area contributed by atoms with Gasteiger partial charge in [-0.05, 0) is 29.0 Å². The summed E-state index contributed by atoms with van der Waals surface area (Å²) in [5.74, 6) is 0. The summed E-state index contributed by atoms with van der Waals surface area (Å²) in [5, 5.41) is 3.39. The molecule has 1 heterocycles. The first-order chi connectivity index (χ1) is 9.47. The Labute approximate surface area is 123 Å². The summed E-state index contributed by atoms with van der Waals surface area (Å²) in [5.41, 5.74) is 4.33. The topological polar surface area (TPSA) is 15.3 Å². The summed E-state index contributed by atoms with van der Waals surface area (Å²) < 4.78 is 0. The molecule has 0 aromatic heterocycles. The minimum atomic E-state index is 0.217. The first kappa shape index (κ1) is 15.3. The van der Waals surface area contributed by atoms with E-state index in [1.807, 2.05) is 0 Å². The third-order valence-electron chi connectivity index (χ3n) is 4.02. The largest absolute Gasteiger partial charge is 0.314 e. The second-order valence-electron chi connectivity index (χ2n) is 6.77. The molecule has 0 amide bonds. The zero-order chi connectivity index (χ0) is 14.6. The molecule has 0 saturated carbocycles. The van der Waals surface area contributed by atoms with Crippen LogP contribution < -0.4 is 5.32 Å². The molecule has 0 bridgehead atoms. The fraction of sp³-hybridized carbons (Fsp3) is 0.556. The Morgan fingerprint density at radius 3 is 2.55 bits per heavy atom.